The van der Waals surface area contributed by atoms with Gasteiger partial charge in [0.2, 0.25) is 0 Å². The highest BCUT2D eigenvalue weighted by molar-refractivity contribution is 6.05. The Hall–Kier alpha value is -4.25. The van der Waals surface area contributed by atoms with Crippen LogP contribution in [0.3, 0.4) is 0 Å². The van der Waals surface area contributed by atoms with Gasteiger partial charge in [0.15, 0.2) is 11.8 Å². The molecular weight excluding hydrogens is 614 g/mol. The number of carbonyl (C=O) groups excluding carboxylic acids is 5. The van der Waals surface area contributed by atoms with Gasteiger partial charge in [0, 0.05) is 0 Å². The summed E-state index contributed by atoms with van der Waals surface area (Å²) in [5, 5.41) is 0. The van der Waals surface area contributed by atoms with E-state index in [9.17, 15) is 24.0 Å². The minimum atomic E-state index is -1.40. The molecule has 0 aliphatic carbocycles. The third kappa shape index (κ3) is 6.44. The molecule has 258 valence electrons. The van der Waals surface area contributed by atoms with Gasteiger partial charge in [0.25, 0.3) is 11.8 Å². The largest absolute Gasteiger partial charge is 0.459 e. The number of carbonyl (C=O) groups is 5. The van der Waals surface area contributed by atoms with Crippen molar-refractivity contribution >= 4 is 29.7 Å². The van der Waals surface area contributed by atoms with Crippen molar-refractivity contribution in [3.8, 4) is 0 Å². The van der Waals surface area contributed by atoms with Crippen molar-refractivity contribution in [2.75, 3.05) is 13.1 Å². The van der Waals surface area contributed by atoms with Crippen LogP contribution in [-0.2, 0) is 46.6 Å². The zero-order valence-corrected chi connectivity index (χ0v) is 28.9. The minimum Gasteiger partial charge on any atom is -0.459 e. The zero-order chi connectivity index (χ0) is 35.0. The van der Waals surface area contributed by atoms with E-state index in [1.165, 1.54) is 21.6 Å². The van der Waals surface area contributed by atoms with Gasteiger partial charge in [-0.3, -0.25) is 19.3 Å². The molecule has 0 saturated carbocycles. The molecule has 5 atom stereocenters. The molecule has 3 fully saturated rings. The lowest BCUT2D eigenvalue weighted by atomic mass is 9.82. The van der Waals surface area contributed by atoms with Gasteiger partial charge in [-0.25, -0.2) is 9.59 Å². The molecule has 0 aromatic heterocycles. The van der Waals surface area contributed by atoms with Crippen molar-refractivity contribution in [2.45, 2.75) is 109 Å². The highest BCUT2D eigenvalue weighted by Gasteiger charge is 2.75. The van der Waals surface area contributed by atoms with Crippen LogP contribution in [-0.4, -0.2) is 92.3 Å². The van der Waals surface area contributed by atoms with Gasteiger partial charge in [-0.15, -0.1) is 0 Å². The number of amides is 3. The molecule has 3 amide bonds. The summed E-state index contributed by atoms with van der Waals surface area (Å²) in [6.07, 6.45) is -1.10. The third-order valence-corrected chi connectivity index (χ3v) is 9.55. The fourth-order valence-corrected chi connectivity index (χ4v) is 7.38. The number of rotatable bonds is 11. The number of hydrogen-bond acceptors (Lipinski definition) is 8. The van der Waals surface area contributed by atoms with E-state index in [0.29, 0.717) is 0 Å². The first-order chi connectivity index (χ1) is 22.6. The van der Waals surface area contributed by atoms with E-state index in [0.717, 1.165) is 11.1 Å². The van der Waals surface area contributed by atoms with E-state index in [2.05, 4.69) is 0 Å². The van der Waals surface area contributed by atoms with Crippen molar-refractivity contribution in [3.05, 3.63) is 71.8 Å². The number of β-lactam (4-membered cyclic amide) rings is 2. The maximum Gasteiger partial charge on any atom is 0.412 e. The Labute approximate surface area is 282 Å². The van der Waals surface area contributed by atoms with Crippen LogP contribution in [0, 0.1) is 5.92 Å². The predicted molar refractivity (Wildman–Crippen MR) is 176 cm³/mol. The topological polar surface area (TPSA) is 123 Å². The molecule has 11 heteroatoms. The summed E-state index contributed by atoms with van der Waals surface area (Å²) in [7, 11) is 0. The number of ketones is 1. The Balaban J connectivity index is 1.42. The number of nitrogens with zero attached hydrogens (tertiary/aromatic N) is 3. The molecule has 3 aliphatic heterocycles. The van der Waals surface area contributed by atoms with Gasteiger partial charge < -0.3 is 24.0 Å². The van der Waals surface area contributed by atoms with Crippen LogP contribution >= 0.6 is 0 Å². The highest BCUT2D eigenvalue weighted by atomic mass is 16.6. The lowest BCUT2D eigenvalue weighted by Gasteiger charge is -2.59. The van der Waals surface area contributed by atoms with Crippen LogP contribution in [0.4, 0.5) is 4.79 Å². The normalized spacial score (nSPS) is 24.0. The Bertz CT molecular complexity index is 1540. The molecule has 2 aromatic rings. The van der Waals surface area contributed by atoms with Gasteiger partial charge in [-0.1, -0.05) is 74.5 Å². The minimum absolute atomic E-state index is 0.00936. The fourth-order valence-electron chi connectivity index (χ4n) is 7.38. The molecule has 0 bridgehead atoms. The fraction of sp³-hybridized carbons (Fsp3) is 0.541. The molecule has 2 aromatic carbocycles. The zero-order valence-electron chi connectivity index (χ0n) is 28.9. The number of esters is 1. The van der Waals surface area contributed by atoms with Crippen molar-refractivity contribution in [1.29, 1.82) is 0 Å². The summed E-state index contributed by atoms with van der Waals surface area (Å²) in [4.78, 5) is 73.0. The standard InChI is InChI=1S/C37H47N3O8/c1-24(2)29(25(3)41)38-22-36(32(38)43)18-19-37(40(36)34(45)48-35(5,6)7)23-39(33(37)44)30(26(4)46-20-27-14-10-8-11-15-27)31(42)47-21-28-16-12-9-13-17-28/h8-17,24,26,29-30H,18-23H2,1-7H3/t26-,29+,30+,36?,37?/m1/s1. The van der Waals surface area contributed by atoms with E-state index in [1.54, 1.807) is 27.7 Å². The van der Waals surface area contributed by atoms with Crippen LogP contribution < -0.4 is 0 Å². The predicted octanol–water partition coefficient (Wildman–Crippen LogP) is 4.51. The summed E-state index contributed by atoms with van der Waals surface area (Å²) in [6, 6.07) is 17.0. The molecule has 2 spiro atoms. The molecule has 48 heavy (non-hydrogen) atoms. The van der Waals surface area contributed by atoms with Crippen LogP contribution in [0.25, 0.3) is 0 Å². The molecule has 3 saturated heterocycles. The number of hydrogen-bond donors (Lipinski definition) is 0. The van der Waals surface area contributed by atoms with Crippen LogP contribution in [0.15, 0.2) is 60.7 Å². The maximum absolute atomic E-state index is 14.5. The summed E-state index contributed by atoms with van der Waals surface area (Å²) in [5.74, 6) is -1.75. The van der Waals surface area contributed by atoms with Crippen molar-refractivity contribution in [1.82, 2.24) is 14.7 Å². The maximum atomic E-state index is 14.5. The van der Waals surface area contributed by atoms with Gasteiger partial charge >= 0.3 is 12.1 Å². The Morgan fingerprint density at radius 2 is 1.25 bits per heavy atom. The van der Waals surface area contributed by atoms with E-state index in [1.807, 2.05) is 74.5 Å². The van der Waals surface area contributed by atoms with Crippen molar-refractivity contribution < 1.29 is 38.2 Å². The SMILES string of the molecule is CC(=O)[C@H](C(C)C)N1CC2(CCC3(CN([C@H](C(=O)OCc4ccccc4)[C@@H](C)OCc4ccccc4)C3=O)N2C(=O)OC(C)(C)C)C1=O. The second-order valence-electron chi connectivity index (χ2n) is 14.6. The first-order valence-electron chi connectivity index (χ1n) is 16.6. The van der Waals surface area contributed by atoms with Gasteiger partial charge in [0.05, 0.1) is 31.8 Å². The lowest BCUT2D eigenvalue weighted by Crippen LogP contribution is -2.84. The average molecular weight is 662 g/mol. The third-order valence-electron chi connectivity index (χ3n) is 9.55. The molecular formula is C37H47N3O8. The van der Waals surface area contributed by atoms with Gasteiger partial charge in [0.1, 0.15) is 23.3 Å². The van der Waals surface area contributed by atoms with E-state index in [-0.39, 0.29) is 56.8 Å². The molecule has 3 aliphatic rings. The van der Waals surface area contributed by atoms with Gasteiger partial charge in [-0.2, -0.15) is 0 Å². The molecule has 3 heterocycles. The van der Waals surface area contributed by atoms with Crippen molar-refractivity contribution in [2.24, 2.45) is 5.92 Å². The average Bonchev–Trinajstić information content (AvgIpc) is 3.41. The number of benzene rings is 2. The van der Waals surface area contributed by atoms with Crippen LogP contribution in [0.1, 0.15) is 72.4 Å². The smallest absolute Gasteiger partial charge is 0.412 e. The second kappa shape index (κ2) is 13.3. The van der Waals surface area contributed by atoms with Crippen LogP contribution in [0.2, 0.25) is 0 Å². The highest BCUT2D eigenvalue weighted by Crippen LogP contribution is 2.53. The second-order valence-corrected chi connectivity index (χ2v) is 14.6. The van der Waals surface area contributed by atoms with E-state index in [4.69, 9.17) is 14.2 Å². The first kappa shape index (κ1) is 35.1. The van der Waals surface area contributed by atoms with E-state index < -0.39 is 52.8 Å². The number of likely N-dealkylation sites (tertiary alicyclic amines) is 3. The monoisotopic (exact) mass is 661 g/mol. The number of ether oxygens (including phenoxy) is 3. The lowest BCUT2D eigenvalue weighted by molar-refractivity contribution is -0.192. The van der Waals surface area contributed by atoms with Crippen LogP contribution in [0.5, 0.6) is 0 Å². The molecule has 11 nitrogen and oxygen atoms in total. The Kier molecular flexibility index (Phi) is 9.74. The molecule has 2 unspecified atom stereocenters. The van der Waals surface area contributed by atoms with Crippen molar-refractivity contribution in [3.63, 3.8) is 0 Å². The Morgan fingerprint density at radius 1 is 0.771 bits per heavy atom. The molecule has 5 rings (SSSR count). The van der Waals surface area contributed by atoms with Gasteiger partial charge in [-0.05, 0) is 64.5 Å². The Morgan fingerprint density at radius 3 is 1.69 bits per heavy atom. The summed E-state index contributed by atoms with van der Waals surface area (Å²) < 4.78 is 17.7. The number of Topliss-reactive ketones (excluding diaryl/α,β-unsaturated/α-hetero) is 1. The molecule has 0 N–H and O–H groups in total. The first-order valence-corrected chi connectivity index (χ1v) is 16.6. The summed E-state index contributed by atoms with van der Waals surface area (Å²) in [5.41, 5.74) is -1.93. The quantitative estimate of drug-likeness (QED) is 0.255. The molecule has 0 radical (unpaired) electrons. The summed E-state index contributed by atoms with van der Waals surface area (Å²) >= 11 is 0. The summed E-state index contributed by atoms with van der Waals surface area (Å²) in [6.45, 7) is 12.4. The van der Waals surface area contributed by atoms with E-state index >= 15 is 0 Å².